The van der Waals surface area contributed by atoms with Gasteiger partial charge >= 0.3 is 0 Å². The third-order valence-corrected chi connectivity index (χ3v) is 3.87. The summed E-state index contributed by atoms with van der Waals surface area (Å²) in [5, 5.41) is 21.9. The van der Waals surface area contributed by atoms with Gasteiger partial charge in [-0.3, -0.25) is 4.98 Å². The van der Waals surface area contributed by atoms with Crippen LogP contribution in [0.15, 0.2) is 11.2 Å². The smallest absolute Gasteiger partial charge is 0.174 e. The average molecular weight is 278 g/mol. The quantitative estimate of drug-likeness (QED) is 0.325. The molecule has 0 aromatic carbocycles. The zero-order valence-electron chi connectivity index (χ0n) is 12.2. The number of anilines is 1. The fourth-order valence-corrected chi connectivity index (χ4v) is 2.78. The van der Waals surface area contributed by atoms with Gasteiger partial charge in [0.2, 0.25) is 0 Å². The van der Waals surface area contributed by atoms with E-state index in [1.54, 1.807) is 0 Å². The summed E-state index contributed by atoms with van der Waals surface area (Å²) in [6.45, 7) is 7.30. The molecule has 2 atom stereocenters. The first kappa shape index (κ1) is 14.6. The number of aliphatic hydroxyl groups is 1. The summed E-state index contributed by atoms with van der Waals surface area (Å²) in [6.07, 6.45) is 0.458. The Kier molecular flexibility index (Phi) is 4.13. The van der Waals surface area contributed by atoms with Crippen LogP contribution in [0.2, 0.25) is 0 Å². The van der Waals surface area contributed by atoms with Gasteiger partial charge in [-0.1, -0.05) is 12.1 Å². The molecule has 1 aliphatic heterocycles. The number of hydrogen-bond acceptors (Lipinski definition) is 5. The van der Waals surface area contributed by atoms with E-state index in [4.69, 9.17) is 10.9 Å². The molecule has 1 fully saturated rings. The fraction of sp³-hybridized carbons (Fsp3) is 0.571. The van der Waals surface area contributed by atoms with Gasteiger partial charge in [0.15, 0.2) is 5.84 Å². The van der Waals surface area contributed by atoms with Crippen molar-refractivity contribution in [2.75, 3.05) is 18.0 Å². The molecule has 6 nitrogen and oxygen atoms in total. The highest BCUT2D eigenvalue weighted by Gasteiger charge is 2.27. The number of nitrogens with two attached hydrogens (primary N) is 1. The predicted molar refractivity (Wildman–Crippen MR) is 78.2 cm³/mol. The molecule has 2 heterocycles. The molecule has 110 valence electrons. The number of hydrogen-bond donors (Lipinski definition) is 3. The SMILES string of the molecule is Cc1cc(N2CCC(O)C(C)C2)c(/C(N)=N/O)c(C)n1. The minimum Gasteiger partial charge on any atom is -0.409 e. The monoisotopic (exact) mass is 278 g/mol. The van der Waals surface area contributed by atoms with Gasteiger partial charge < -0.3 is 20.9 Å². The molecule has 0 radical (unpaired) electrons. The zero-order valence-corrected chi connectivity index (χ0v) is 12.2. The number of piperidine rings is 1. The van der Waals surface area contributed by atoms with Gasteiger partial charge in [0, 0.05) is 18.8 Å². The number of amidine groups is 1. The third kappa shape index (κ3) is 2.70. The molecule has 0 aliphatic carbocycles. The molecule has 1 aromatic heterocycles. The number of nitrogens with zero attached hydrogens (tertiary/aromatic N) is 3. The van der Waals surface area contributed by atoms with Crippen molar-refractivity contribution in [2.24, 2.45) is 16.8 Å². The number of rotatable bonds is 2. The van der Waals surface area contributed by atoms with Crippen molar-refractivity contribution in [3.63, 3.8) is 0 Å². The van der Waals surface area contributed by atoms with Crippen molar-refractivity contribution >= 4 is 11.5 Å². The van der Waals surface area contributed by atoms with E-state index in [9.17, 15) is 5.11 Å². The molecule has 20 heavy (non-hydrogen) atoms. The van der Waals surface area contributed by atoms with Crippen molar-refractivity contribution in [2.45, 2.75) is 33.3 Å². The standard InChI is InChI=1S/C14H22N4O2/c1-8-7-18(5-4-12(8)19)11-6-9(2)16-10(3)13(11)14(15)17-20/h6,8,12,19-20H,4-5,7H2,1-3H3,(H2,15,17). The molecule has 0 saturated carbocycles. The Morgan fingerprint density at radius 2 is 2.20 bits per heavy atom. The van der Waals surface area contributed by atoms with Crippen LogP contribution in [-0.4, -0.2) is 40.3 Å². The molecule has 6 heteroatoms. The Morgan fingerprint density at radius 1 is 1.50 bits per heavy atom. The van der Waals surface area contributed by atoms with Crippen molar-refractivity contribution in [1.29, 1.82) is 0 Å². The van der Waals surface area contributed by atoms with Gasteiger partial charge in [-0.15, -0.1) is 0 Å². The van der Waals surface area contributed by atoms with Crippen LogP contribution in [0.5, 0.6) is 0 Å². The molecule has 2 unspecified atom stereocenters. The van der Waals surface area contributed by atoms with E-state index in [0.29, 0.717) is 5.56 Å². The maximum absolute atomic E-state index is 9.85. The summed E-state index contributed by atoms with van der Waals surface area (Å²) in [5.74, 6) is 0.265. The Morgan fingerprint density at radius 3 is 2.80 bits per heavy atom. The van der Waals surface area contributed by atoms with Gasteiger partial charge in [0.05, 0.1) is 23.0 Å². The van der Waals surface area contributed by atoms with Gasteiger partial charge in [0.1, 0.15) is 0 Å². The summed E-state index contributed by atoms with van der Waals surface area (Å²) in [7, 11) is 0. The molecule has 0 bridgehead atoms. The molecule has 0 spiro atoms. The summed E-state index contributed by atoms with van der Waals surface area (Å²) in [4.78, 5) is 6.56. The second-order valence-electron chi connectivity index (χ2n) is 5.51. The van der Waals surface area contributed by atoms with Gasteiger partial charge in [-0.25, -0.2) is 0 Å². The van der Waals surface area contributed by atoms with E-state index in [0.717, 1.165) is 36.6 Å². The van der Waals surface area contributed by atoms with Gasteiger partial charge in [-0.05, 0) is 32.3 Å². The van der Waals surface area contributed by atoms with E-state index in [-0.39, 0.29) is 17.9 Å². The van der Waals surface area contributed by atoms with Crippen LogP contribution < -0.4 is 10.6 Å². The predicted octanol–water partition coefficient (Wildman–Crippen LogP) is 1.00. The lowest BCUT2D eigenvalue weighted by atomic mass is 9.95. The van der Waals surface area contributed by atoms with Crippen LogP contribution in [0, 0.1) is 19.8 Å². The fourth-order valence-electron chi connectivity index (χ4n) is 2.78. The lowest BCUT2D eigenvalue weighted by molar-refractivity contribution is 0.0971. The lowest BCUT2D eigenvalue weighted by Crippen LogP contribution is -2.43. The number of aromatic nitrogens is 1. The highest BCUT2D eigenvalue weighted by atomic mass is 16.4. The zero-order chi connectivity index (χ0) is 14.9. The van der Waals surface area contributed by atoms with Crippen molar-refractivity contribution < 1.29 is 10.3 Å². The number of pyridine rings is 1. The molecule has 0 amide bonds. The Balaban J connectivity index is 2.45. The lowest BCUT2D eigenvalue weighted by Gasteiger charge is -2.37. The Labute approximate surface area is 118 Å². The Bertz CT molecular complexity index is 530. The van der Waals surface area contributed by atoms with Crippen molar-refractivity contribution in [3.05, 3.63) is 23.0 Å². The van der Waals surface area contributed by atoms with E-state index in [1.807, 2.05) is 26.8 Å². The largest absolute Gasteiger partial charge is 0.409 e. The highest BCUT2D eigenvalue weighted by Crippen LogP contribution is 2.28. The molecule has 1 aliphatic rings. The van der Waals surface area contributed by atoms with Crippen molar-refractivity contribution in [3.8, 4) is 0 Å². The molecular weight excluding hydrogens is 256 g/mol. The maximum atomic E-state index is 9.85. The van der Waals surface area contributed by atoms with E-state index >= 15 is 0 Å². The molecule has 1 saturated heterocycles. The van der Waals surface area contributed by atoms with Gasteiger partial charge in [-0.2, -0.15) is 0 Å². The van der Waals surface area contributed by atoms with Gasteiger partial charge in [0.25, 0.3) is 0 Å². The summed E-state index contributed by atoms with van der Waals surface area (Å²) in [5.41, 5.74) is 9.03. The third-order valence-electron chi connectivity index (χ3n) is 3.87. The molecular formula is C14H22N4O2. The number of aryl methyl sites for hydroxylation is 2. The van der Waals surface area contributed by atoms with Crippen LogP contribution in [0.1, 0.15) is 30.3 Å². The summed E-state index contributed by atoms with van der Waals surface area (Å²) in [6, 6.07) is 1.95. The minimum atomic E-state index is -0.261. The summed E-state index contributed by atoms with van der Waals surface area (Å²) >= 11 is 0. The molecule has 4 N–H and O–H groups in total. The van der Waals surface area contributed by atoms with E-state index < -0.39 is 0 Å². The highest BCUT2D eigenvalue weighted by molar-refractivity contribution is 6.03. The number of oxime groups is 1. The van der Waals surface area contributed by atoms with E-state index in [2.05, 4.69) is 15.0 Å². The second kappa shape index (κ2) is 5.66. The molecule has 2 rings (SSSR count). The Hall–Kier alpha value is -1.82. The van der Waals surface area contributed by atoms with Crippen LogP contribution in [-0.2, 0) is 0 Å². The topological polar surface area (TPSA) is 95.0 Å². The second-order valence-corrected chi connectivity index (χ2v) is 5.51. The number of aliphatic hydroxyl groups excluding tert-OH is 1. The maximum Gasteiger partial charge on any atom is 0.174 e. The average Bonchev–Trinajstić information content (AvgIpc) is 2.40. The van der Waals surface area contributed by atoms with Crippen molar-refractivity contribution in [1.82, 2.24) is 4.98 Å². The minimum absolute atomic E-state index is 0.0729. The first-order valence-electron chi connectivity index (χ1n) is 6.83. The first-order chi connectivity index (χ1) is 9.43. The summed E-state index contributed by atoms with van der Waals surface area (Å²) < 4.78 is 0. The van der Waals surface area contributed by atoms with E-state index in [1.165, 1.54) is 0 Å². The first-order valence-corrected chi connectivity index (χ1v) is 6.83. The van der Waals surface area contributed by atoms with Crippen LogP contribution >= 0.6 is 0 Å². The van der Waals surface area contributed by atoms with Crippen LogP contribution in [0.3, 0.4) is 0 Å². The van der Waals surface area contributed by atoms with Crippen LogP contribution in [0.4, 0.5) is 5.69 Å². The normalized spacial score (nSPS) is 24.0. The van der Waals surface area contributed by atoms with Crippen LogP contribution in [0.25, 0.3) is 0 Å². The molecule has 1 aromatic rings.